The highest BCUT2D eigenvalue weighted by Crippen LogP contribution is 2.27. The molecule has 0 radical (unpaired) electrons. The summed E-state index contributed by atoms with van der Waals surface area (Å²) < 4.78 is 5.20. The van der Waals surface area contributed by atoms with Crippen LogP contribution in [-0.4, -0.2) is 19.3 Å². The molecule has 20 heavy (non-hydrogen) atoms. The summed E-state index contributed by atoms with van der Waals surface area (Å²) in [7, 11) is 1.55. The minimum Gasteiger partial charge on any atom is -0.495 e. The van der Waals surface area contributed by atoms with Crippen molar-refractivity contribution in [2.75, 3.05) is 24.4 Å². The van der Waals surface area contributed by atoms with Gasteiger partial charge in [0.15, 0.2) is 0 Å². The second kappa shape index (κ2) is 6.34. The van der Waals surface area contributed by atoms with Crippen molar-refractivity contribution in [3.8, 4) is 5.75 Å². The predicted octanol–water partition coefficient (Wildman–Crippen LogP) is 3.25. The predicted molar refractivity (Wildman–Crippen MR) is 83.6 cm³/mol. The van der Waals surface area contributed by atoms with E-state index in [1.165, 1.54) is 0 Å². The summed E-state index contributed by atoms with van der Waals surface area (Å²) in [4.78, 5) is 13.3. The van der Waals surface area contributed by atoms with Crippen LogP contribution in [0.5, 0.6) is 5.75 Å². The Morgan fingerprint density at radius 1 is 1.20 bits per heavy atom. The number of hydrogen-bond acceptors (Lipinski definition) is 4. The fraction of sp³-hybridized carbons (Fsp3) is 0.133. The Hall–Kier alpha value is -2.14. The van der Waals surface area contributed by atoms with Gasteiger partial charge in [-0.05, 0) is 48.7 Å². The second-order valence-electron chi connectivity index (χ2n) is 4.14. The summed E-state index contributed by atoms with van der Waals surface area (Å²) in [5.41, 5.74) is 7.44. The summed E-state index contributed by atoms with van der Waals surface area (Å²) in [5.74, 6) is 0.384. The van der Waals surface area contributed by atoms with Gasteiger partial charge >= 0.3 is 0 Å². The molecular weight excluding hydrogens is 272 g/mol. The molecular formula is C15H16N2O2S. The van der Waals surface area contributed by atoms with Crippen LogP contribution in [0, 0.1) is 0 Å². The smallest absolute Gasteiger partial charge is 0.255 e. The molecule has 0 aromatic heterocycles. The Bertz CT molecular complexity index is 612. The highest BCUT2D eigenvalue weighted by molar-refractivity contribution is 7.98. The van der Waals surface area contributed by atoms with Crippen LogP contribution in [0.3, 0.4) is 0 Å². The molecule has 0 heterocycles. The number of ether oxygens (including phenoxy) is 1. The summed E-state index contributed by atoms with van der Waals surface area (Å²) >= 11 is 1.63. The first kappa shape index (κ1) is 14.3. The zero-order valence-electron chi connectivity index (χ0n) is 11.3. The summed E-state index contributed by atoms with van der Waals surface area (Å²) in [5, 5.41) is 2.81. The van der Waals surface area contributed by atoms with Crippen LogP contribution < -0.4 is 15.8 Å². The summed E-state index contributed by atoms with van der Waals surface area (Å²) in [6.07, 6.45) is 1.99. The van der Waals surface area contributed by atoms with Gasteiger partial charge < -0.3 is 15.8 Å². The van der Waals surface area contributed by atoms with Crippen molar-refractivity contribution in [1.29, 1.82) is 0 Å². The Morgan fingerprint density at radius 2 is 1.90 bits per heavy atom. The quantitative estimate of drug-likeness (QED) is 0.669. The summed E-state index contributed by atoms with van der Waals surface area (Å²) in [6, 6.07) is 12.5. The molecule has 2 aromatic rings. The molecule has 0 saturated carbocycles. The number of amides is 1. The normalized spacial score (nSPS) is 10.1. The average Bonchev–Trinajstić information content (AvgIpc) is 2.47. The van der Waals surface area contributed by atoms with E-state index < -0.39 is 0 Å². The van der Waals surface area contributed by atoms with Crippen LogP contribution in [0.25, 0.3) is 0 Å². The van der Waals surface area contributed by atoms with Crippen molar-refractivity contribution in [3.05, 3.63) is 48.0 Å². The van der Waals surface area contributed by atoms with Crippen molar-refractivity contribution in [3.63, 3.8) is 0 Å². The third-order valence-electron chi connectivity index (χ3n) is 2.82. The number of hydrogen-bond donors (Lipinski definition) is 2. The first-order valence-corrected chi connectivity index (χ1v) is 7.25. The minimum atomic E-state index is -0.193. The van der Waals surface area contributed by atoms with E-state index in [1.54, 1.807) is 49.2 Å². The lowest BCUT2D eigenvalue weighted by Gasteiger charge is -2.11. The average molecular weight is 288 g/mol. The third kappa shape index (κ3) is 3.24. The molecule has 0 saturated heterocycles. The maximum absolute atomic E-state index is 12.2. The Kier molecular flexibility index (Phi) is 4.53. The van der Waals surface area contributed by atoms with E-state index in [0.29, 0.717) is 22.7 Å². The Balaban J connectivity index is 2.20. The molecule has 0 aliphatic rings. The van der Waals surface area contributed by atoms with Crippen LogP contribution in [0.1, 0.15) is 10.4 Å². The molecule has 3 N–H and O–H groups in total. The van der Waals surface area contributed by atoms with E-state index in [-0.39, 0.29) is 5.91 Å². The number of benzene rings is 2. The molecule has 2 rings (SSSR count). The van der Waals surface area contributed by atoms with Crippen molar-refractivity contribution in [1.82, 2.24) is 0 Å². The van der Waals surface area contributed by atoms with E-state index in [4.69, 9.17) is 10.5 Å². The maximum Gasteiger partial charge on any atom is 0.255 e. The zero-order valence-corrected chi connectivity index (χ0v) is 12.2. The van der Waals surface area contributed by atoms with E-state index in [2.05, 4.69) is 5.32 Å². The van der Waals surface area contributed by atoms with Gasteiger partial charge in [-0.15, -0.1) is 11.8 Å². The van der Waals surface area contributed by atoms with Gasteiger partial charge in [-0.2, -0.15) is 0 Å². The van der Waals surface area contributed by atoms with Gasteiger partial charge in [0.05, 0.1) is 12.8 Å². The van der Waals surface area contributed by atoms with Crippen LogP contribution in [-0.2, 0) is 0 Å². The lowest BCUT2D eigenvalue weighted by molar-refractivity contribution is 0.102. The number of carbonyl (C=O) groups excluding carboxylic acids is 1. The minimum absolute atomic E-state index is 0.193. The number of rotatable bonds is 4. The first-order valence-electron chi connectivity index (χ1n) is 6.03. The van der Waals surface area contributed by atoms with Crippen LogP contribution >= 0.6 is 11.8 Å². The number of thioether (sulfide) groups is 1. The van der Waals surface area contributed by atoms with E-state index in [0.717, 1.165) is 4.90 Å². The van der Waals surface area contributed by atoms with E-state index >= 15 is 0 Å². The van der Waals surface area contributed by atoms with Crippen LogP contribution in [0.4, 0.5) is 11.4 Å². The highest BCUT2D eigenvalue weighted by atomic mass is 32.2. The molecule has 5 heteroatoms. The van der Waals surface area contributed by atoms with Crippen molar-refractivity contribution in [2.24, 2.45) is 0 Å². The summed E-state index contributed by atoms with van der Waals surface area (Å²) in [6.45, 7) is 0. The number of anilines is 2. The molecule has 0 aliphatic carbocycles. The van der Waals surface area contributed by atoms with Crippen LogP contribution in [0.2, 0.25) is 0 Å². The highest BCUT2D eigenvalue weighted by Gasteiger charge is 2.10. The van der Waals surface area contributed by atoms with Gasteiger partial charge in [0.25, 0.3) is 5.91 Å². The van der Waals surface area contributed by atoms with Crippen LogP contribution in [0.15, 0.2) is 47.4 Å². The Morgan fingerprint density at radius 3 is 2.50 bits per heavy atom. The van der Waals surface area contributed by atoms with Crippen molar-refractivity contribution < 1.29 is 9.53 Å². The molecule has 0 bridgehead atoms. The molecule has 4 nitrogen and oxygen atoms in total. The topological polar surface area (TPSA) is 64.3 Å². The van der Waals surface area contributed by atoms with Crippen molar-refractivity contribution in [2.45, 2.75) is 4.90 Å². The van der Waals surface area contributed by atoms with Gasteiger partial charge in [0, 0.05) is 16.1 Å². The molecule has 0 fully saturated rings. The Labute approximate surface area is 122 Å². The second-order valence-corrected chi connectivity index (χ2v) is 5.02. The number of carbonyl (C=O) groups is 1. The van der Waals surface area contributed by atoms with Gasteiger partial charge in [0.2, 0.25) is 0 Å². The van der Waals surface area contributed by atoms with Gasteiger partial charge in [-0.3, -0.25) is 4.79 Å². The lowest BCUT2D eigenvalue weighted by Crippen LogP contribution is -2.12. The number of methoxy groups -OCH3 is 1. The zero-order chi connectivity index (χ0) is 14.5. The number of nitrogens with two attached hydrogens (primary N) is 1. The first-order chi connectivity index (χ1) is 9.63. The molecule has 104 valence electrons. The molecule has 0 spiro atoms. The molecule has 0 aliphatic heterocycles. The fourth-order valence-corrected chi connectivity index (χ4v) is 2.17. The SMILES string of the molecule is COc1ccc(N)cc1NC(=O)c1ccc(SC)cc1. The van der Waals surface area contributed by atoms with Gasteiger partial charge in [-0.1, -0.05) is 0 Å². The van der Waals surface area contributed by atoms with E-state index in [1.807, 2.05) is 18.4 Å². The largest absolute Gasteiger partial charge is 0.495 e. The molecule has 1 amide bonds. The molecule has 2 aromatic carbocycles. The van der Waals surface area contributed by atoms with E-state index in [9.17, 15) is 4.79 Å². The number of nitrogens with one attached hydrogen (secondary N) is 1. The van der Waals surface area contributed by atoms with Crippen molar-refractivity contribution >= 4 is 29.0 Å². The fourth-order valence-electron chi connectivity index (χ4n) is 1.76. The lowest BCUT2D eigenvalue weighted by atomic mass is 10.2. The monoisotopic (exact) mass is 288 g/mol. The maximum atomic E-state index is 12.2. The standard InChI is InChI=1S/C15H16N2O2S/c1-19-14-8-5-11(16)9-13(14)17-15(18)10-3-6-12(20-2)7-4-10/h3-9H,16H2,1-2H3,(H,17,18). The number of nitrogen functional groups attached to an aromatic ring is 1. The molecule has 0 atom stereocenters. The van der Waals surface area contributed by atoms with Gasteiger partial charge in [0.1, 0.15) is 5.75 Å². The van der Waals surface area contributed by atoms with Gasteiger partial charge in [-0.25, -0.2) is 0 Å². The molecule has 0 unspecified atom stereocenters. The third-order valence-corrected chi connectivity index (χ3v) is 3.57.